The molecule has 2 rings (SSSR count). The second-order valence-electron chi connectivity index (χ2n) is 3.95. The molecule has 0 radical (unpaired) electrons. The predicted molar refractivity (Wildman–Crippen MR) is 75.5 cm³/mol. The Morgan fingerprint density at radius 3 is 3.06 bits per heavy atom. The molecule has 94 valence electrons. The zero-order chi connectivity index (χ0) is 12.8. The molecule has 0 unspecified atom stereocenters. The van der Waals surface area contributed by atoms with Gasteiger partial charge in [0.15, 0.2) is 0 Å². The summed E-state index contributed by atoms with van der Waals surface area (Å²) in [5, 5.41) is 6.80. The molecule has 0 amide bonds. The minimum absolute atomic E-state index is 0.172. The van der Waals surface area contributed by atoms with Crippen LogP contribution < -0.4 is 10.2 Å². The van der Waals surface area contributed by atoms with Crippen LogP contribution in [0.4, 0.5) is 5.13 Å². The van der Waals surface area contributed by atoms with E-state index >= 15 is 0 Å². The molecular weight excluding hydrogens is 246 g/mol. The first kappa shape index (κ1) is 12.6. The maximum atomic E-state index is 5.61. The van der Waals surface area contributed by atoms with Gasteiger partial charge in [0.05, 0.1) is 12.3 Å². The largest absolute Gasteiger partial charge is 0.491 e. The van der Waals surface area contributed by atoms with Gasteiger partial charge in [0.2, 0.25) is 5.13 Å². The zero-order valence-electron chi connectivity index (χ0n) is 10.3. The number of thiazole rings is 1. The van der Waals surface area contributed by atoms with Crippen molar-refractivity contribution in [3.8, 4) is 5.75 Å². The maximum Gasteiger partial charge on any atom is 0.203 e. The van der Waals surface area contributed by atoms with Crippen molar-refractivity contribution in [1.29, 1.82) is 0 Å². The van der Waals surface area contributed by atoms with Gasteiger partial charge in [-0.2, -0.15) is 5.10 Å². The molecule has 0 bridgehead atoms. The molecule has 1 N–H and O–H groups in total. The molecule has 0 fully saturated rings. The third kappa shape index (κ3) is 3.85. The van der Waals surface area contributed by atoms with E-state index in [-0.39, 0.29) is 6.10 Å². The molecule has 2 aromatic rings. The molecule has 1 aromatic carbocycles. The fraction of sp³-hybridized carbons (Fsp3) is 0.231. The molecule has 0 aliphatic carbocycles. The fourth-order valence-corrected chi connectivity index (χ4v) is 1.86. The lowest BCUT2D eigenvalue weighted by molar-refractivity contribution is 0.242. The van der Waals surface area contributed by atoms with Crippen molar-refractivity contribution in [2.45, 2.75) is 20.0 Å². The van der Waals surface area contributed by atoms with Crippen LogP contribution in [-0.2, 0) is 0 Å². The number of nitrogens with one attached hydrogen (secondary N) is 1. The number of hydrogen-bond donors (Lipinski definition) is 1. The molecule has 4 nitrogen and oxygen atoms in total. The Labute approximate surface area is 110 Å². The van der Waals surface area contributed by atoms with E-state index in [4.69, 9.17) is 4.74 Å². The zero-order valence-corrected chi connectivity index (χ0v) is 11.1. The number of benzene rings is 1. The molecule has 0 aliphatic rings. The average Bonchev–Trinajstić information content (AvgIpc) is 2.82. The summed E-state index contributed by atoms with van der Waals surface area (Å²) in [5.41, 5.74) is 3.85. The van der Waals surface area contributed by atoms with Crippen LogP contribution in [0.2, 0.25) is 0 Å². The highest BCUT2D eigenvalue weighted by atomic mass is 32.1. The summed E-state index contributed by atoms with van der Waals surface area (Å²) >= 11 is 1.51. The van der Waals surface area contributed by atoms with Gasteiger partial charge in [0, 0.05) is 11.6 Å². The summed E-state index contributed by atoms with van der Waals surface area (Å²) in [7, 11) is 0. The lowest BCUT2D eigenvalue weighted by Gasteiger charge is -2.09. The number of rotatable bonds is 5. The van der Waals surface area contributed by atoms with Crippen LogP contribution >= 0.6 is 11.3 Å². The maximum absolute atomic E-state index is 5.61. The molecule has 18 heavy (non-hydrogen) atoms. The standard InChI is InChI=1S/C13H15N3OS/c1-10(2)17-12-5-3-4-11(8-12)9-15-16-13-14-6-7-18-13/h3-10H,1-2H3,(H,14,16)/b15-9+. The summed E-state index contributed by atoms with van der Waals surface area (Å²) in [6.07, 6.45) is 3.65. The van der Waals surface area contributed by atoms with E-state index in [1.54, 1.807) is 12.4 Å². The van der Waals surface area contributed by atoms with Crippen LogP contribution in [0, 0.1) is 0 Å². The highest BCUT2D eigenvalue weighted by Gasteiger charge is 1.97. The first-order valence-corrected chi connectivity index (χ1v) is 6.57. The van der Waals surface area contributed by atoms with Crippen molar-refractivity contribution in [2.24, 2.45) is 5.10 Å². The summed E-state index contributed by atoms with van der Waals surface area (Å²) in [4.78, 5) is 4.07. The number of hydrazone groups is 1. The number of nitrogens with zero attached hydrogens (tertiary/aromatic N) is 2. The number of aromatic nitrogens is 1. The van der Waals surface area contributed by atoms with Gasteiger partial charge in [-0.05, 0) is 31.5 Å². The molecule has 1 aromatic heterocycles. The lowest BCUT2D eigenvalue weighted by atomic mass is 10.2. The van der Waals surface area contributed by atoms with E-state index in [2.05, 4.69) is 15.5 Å². The van der Waals surface area contributed by atoms with Crippen LogP contribution in [0.1, 0.15) is 19.4 Å². The first-order valence-electron chi connectivity index (χ1n) is 5.69. The smallest absolute Gasteiger partial charge is 0.203 e. The molecule has 0 saturated carbocycles. The predicted octanol–water partition coefficient (Wildman–Crippen LogP) is 3.38. The van der Waals surface area contributed by atoms with E-state index in [0.29, 0.717) is 0 Å². The summed E-state index contributed by atoms with van der Waals surface area (Å²) in [6, 6.07) is 7.81. The van der Waals surface area contributed by atoms with Crippen LogP contribution in [0.25, 0.3) is 0 Å². The fourth-order valence-electron chi connectivity index (χ4n) is 1.38. The van der Waals surface area contributed by atoms with Crippen molar-refractivity contribution >= 4 is 22.7 Å². The molecule has 0 atom stereocenters. The topological polar surface area (TPSA) is 46.5 Å². The number of ether oxygens (including phenoxy) is 1. The van der Waals surface area contributed by atoms with Gasteiger partial charge < -0.3 is 4.74 Å². The first-order chi connectivity index (χ1) is 8.74. The van der Waals surface area contributed by atoms with Crippen LogP contribution in [-0.4, -0.2) is 17.3 Å². The van der Waals surface area contributed by atoms with Gasteiger partial charge in [-0.3, -0.25) is 5.43 Å². The molecule has 5 heteroatoms. The van der Waals surface area contributed by atoms with Crippen molar-refractivity contribution in [2.75, 3.05) is 5.43 Å². The molecule has 1 heterocycles. The van der Waals surface area contributed by atoms with Crippen LogP contribution in [0.3, 0.4) is 0 Å². The Morgan fingerprint density at radius 2 is 2.33 bits per heavy atom. The minimum atomic E-state index is 0.172. The Balaban J connectivity index is 1.98. The van der Waals surface area contributed by atoms with Gasteiger partial charge in [-0.1, -0.05) is 12.1 Å². The Hall–Kier alpha value is -1.88. The normalized spacial score (nSPS) is 11.1. The van der Waals surface area contributed by atoms with Gasteiger partial charge in [0.1, 0.15) is 5.75 Å². The minimum Gasteiger partial charge on any atom is -0.491 e. The Morgan fingerprint density at radius 1 is 1.44 bits per heavy atom. The van der Waals surface area contributed by atoms with Gasteiger partial charge in [0.25, 0.3) is 0 Å². The van der Waals surface area contributed by atoms with E-state index in [1.807, 2.05) is 43.5 Å². The third-order valence-electron chi connectivity index (χ3n) is 2.04. The third-order valence-corrected chi connectivity index (χ3v) is 2.71. The van der Waals surface area contributed by atoms with Crippen molar-refractivity contribution < 1.29 is 4.74 Å². The van der Waals surface area contributed by atoms with Crippen molar-refractivity contribution in [1.82, 2.24) is 4.98 Å². The van der Waals surface area contributed by atoms with E-state index in [9.17, 15) is 0 Å². The molecule has 0 saturated heterocycles. The van der Waals surface area contributed by atoms with Crippen molar-refractivity contribution in [3.63, 3.8) is 0 Å². The molecule has 0 aliphatic heterocycles. The van der Waals surface area contributed by atoms with Gasteiger partial charge in [-0.25, -0.2) is 4.98 Å². The van der Waals surface area contributed by atoms with Crippen LogP contribution in [0.5, 0.6) is 5.75 Å². The highest BCUT2D eigenvalue weighted by molar-refractivity contribution is 7.13. The number of hydrogen-bond acceptors (Lipinski definition) is 5. The Kier molecular flexibility index (Phi) is 4.30. The highest BCUT2D eigenvalue weighted by Crippen LogP contribution is 2.14. The summed E-state index contributed by atoms with van der Waals surface area (Å²) < 4.78 is 5.61. The second kappa shape index (κ2) is 6.16. The SMILES string of the molecule is CC(C)Oc1cccc(/C=N/Nc2nccs2)c1. The van der Waals surface area contributed by atoms with E-state index in [1.165, 1.54) is 11.3 Å². The van der Waals surface area contributed by atoms with E-state index < -0.39 is 0 Å². The van der Waals surface area contributed by atoms with Gasteiger partial charge in [-0.15, -0.1) is 11.3 Å². The Bertz CT molecular complexity index is 509. The van der Waals surface area contributed by atoms with Crippen LogP contribution in [0.15, 0.2) is 40.9 Å². The quantitative estimate of drug-likeness (QED) is 0.663. The second-order valence-corrected chi connectivity index (χ2v) is 4.84. The monoisotopic (exact) mass is 261 g/mol. The lowest BCUT2D eigenvalue weighted by Crippen LogP contribution is -2.05. The average molecular weight is 261 g/mol. The number of anilines is 1. The molecule has 0 spiro atoms. The summed E-state index contributed by atoms with van der Waals surface area (Å²) in [6.45, 7) is 4.01. The molecular formula is C13H15N3OS. The summed E-state index contributed by atoms with van der Waals surface area (Å²) in [5.74, 6) is 0.850. The van der Waals surface area contributed by atoms with Gasteiger partial charge >= 0.3 is 0 Å². The van der Waals surface area contributed by atoms with E-state index in [0.717, 1.165) is 16.4 Å². The van der Waals surface area contributed by atoms with Crippen molar-refractivity contribution in [3.05, 3.63) is 41.4 Å².